The summed E-state index contributed by atoms with van der Waals surface area (Å²) in [6.45, 7) is 2.17. The molecule has 72 valence electrons. The molecule has 2 nitrogen and oxygen atoms in total. The highest BCUT2D eigenvalue weighted by molar-refractivity contribution is 7.99. The summed E-state index contributed by atoms with van der Waals surface area (Å²) >= 11 is 1.87. The van der Waals surface area contributed by atoms with Crippen molar-refractivity contribution in [1.82, 2.24) is 5.32 Å². The van der Waals surface area contributed by atoms with Crippen molar-refractivity contribution in [3.63, 3.8) is 0 Å². The molecule has 0 aromatic heterocycles. The molecule has 1 aliphatic rings. The number of rotatable bonds is 1. The summed E-state index contributed by atoms with van der Waals surface area (Å²) < 4.78 is 0. The monoisotopic (exact) mass is 204 g/mol. The molecule has 0 amide bonds. The normalized spacial score (nSPS) is 26.0. The molecular weight excluding hydrogens is 192 g/mol. The van der Waals surface area contributed by atoms with Gasteiger partial charge in [-0.1, -0.05) is 18.2 Å². The Balaban J connectivity index is 2.28. The first-order chi connectivity index (χ1) is 6.81. The molecule has 3 heteroatoms. The molecule has 2 unspecified atom stereocenters. The van der Waals surface area contributed by atoms with E-state index in [2.05, 4.69) is 18.3 Å². The third kappa shape index (κ3) is 1.77. The molecule has 1 aliphatic heterocycles. The van der Waals surface area contributed by atoms with Gasteiger partial charge in [-0.2, -0.15) is 5.26 Å². The van der Waals surface area contributed by atoms with Crippen molar-refractivity contribution >= 4 is 11.8 Å². The van der Waals surface area contributed by atoms with Crippen molar-refractivity contribution in [3.8, 4) is 6.07 Å². The molecule has 0 saturated carbocycles. The number of hydrogen-bond acceptors (Lipinski definition) is 3. The first-order valence-electron chi connectivity index (χ1n) is 4.68. The number of hydrogen-bond donors (Lipinski definition) is 1. The predicted octanol–water partition coefficient (Wildman–Crippen LogP) is 2.28. The fourth-order valence-electron chi connectivity index (χ4n) is 1.60. The summed E-state index contributed by atoms with van der Waals surface area (Å²) in [5, 5.41) is 12.7. The second-order valence-electron chi connectivity index (χ2n) is 3.48. The van der Waals surface area contributed by atoms with Crippen molar-refractivity contribution in [1.29, 1.82) is 5.26 Å². The lowest BCUT2D eigenvalue weighted by atomic mass is 10.1. The minimum absolute atomic E-state index is 0.292. The van der Waals surface area contributed by atoms with Gasteiger partial charge in [0.25, 0.3) is 0 Å². The molecule has 2 atom stereocenters. The van der Waals surface area contributed by atoms with E-state index >= 15 is 0 Å². The van der Waals surface area contributed by atoms with Gasteiger partial charge in [0, 0.05) is 11.8 Å². The van der Waals surface area contributed by atoms with Crippen molar-refractivity contribution < 1.29 is 0 Å². The van der Waals surface area contributed by atoms with Crippen LogP contribution in [0.5, 0.6) is 0 Å². The van der Waals surface area contributed by atoms with Crippen molar-refractivity contribution in [2.75, 3.05) is 5.75 Å². The molecule has 0 aliphatic carbocycles. The van der Waals surface area contributed by atoms with Crippen LogP contribution in [0, 0.1) is 11.3 Å². The summed E-state index contributed by atoms with van der Waals surface area (Å²) in [5.74, 6) is 1.12. The van der Waals surface area contributed by atoms with E-state index in [1.165, 1.54) is 0 Å². The Hall–Kier alpha value is -0.980. The lowest BCUT2D eigenvalue weighted by Crippen LogP contribution is -2.22. The first-order valence-corrected chi connectivity index (χ1v) is 5.73. The fourth-order valence-corrected chi connectivity index (χ4v) is 2.89. The van der Waals surface area contributed by atoms with Gasteiger partial charge in [0.2, 0.25) is 0 Å². The average molecular weight is 204 g/mol. The average Bonchev–Trinajstić information content (AvgIpc) is 2.65. The number of benzene rings is 1. The van der Waals surface area contributed by atoms with Gasteiger partial charge in [0.05, 0.1) is 17.0 Å². The van der Waals surface area contributed by atoms with E-state index in [1.807, 2.05) is 36.0 Å². The Morgan fingerprint density at radius 2 is 2.29 bits per heavy atom. The maximum Gasteiger partial charge on any atom is 0.0995 e. The molecule has 1 aromatic rings. The maximum atomic E-state index is 8.96. The van der Waals surface area contributed by atoms with E-state index in [-0.39, 0.29) is 0 Å². The number of nitrogens with zero attached hydrogens (tertiary/aromatic N) is 1. The van der Waals surface area contributed by atoms with Crippen LogP contribution in [0.1, 0.15) is 23.4 Å². The van der Waals surface area contributed by atoms with E-state index in [9.17, 15) is 0 Å². The van der Waals surface area contributed by atoms with Gasteiger partial charge in [-0.25, -0.2) is 0 Å². The third-order valence-electron chi connectivity index (χ3n) is 2.31. The van der Waals surface area contributed by atoms with E-state index in [0.717, 1.165) is 16.9 Å². The zero-order valence-electron chi connectivity index (χ0n) is 8.03. The predicted molar refractivity (Wildman–Crippen MR) is 59.0 cm³/mol. The van der Waals surface area contributed by atoms with Crippen molar-refractivity contribution in [2.24, 2.45) is 0 Å². The summed E-state index contributed by atoms with van der Waals surface area (Å²) in [6.07, 6.45) is 0. The zero-order valence-corrected chi connectivity index (χ0v) is 8.84. The highest BCUT2D eigenvalue weighted by Gasteiger charge is 2.23. The van der Waals surface area contributed by atoms with Gasteiger partial charge in [0.15, 0.2) is 0 Å². The molecule has 1 fully saturated rings. The van der Waals surface area contributed by atoms with Crippen LogP contribution in [0.4, 0.5) is 0 Å². The maximum absolute atomic E-state index is 8.96. The summed E-state index contributed by atoms with van der Waals surface area (Å²) in [5.41, 5.74) is 1.90. The van der Waals surface area contributed by atoms with Crippen LogP contribution in [0.3, 0.4) is 0 Å². The Morgan fingerprint density at radius 3 is 2.93 bits per heavy atom. The molecule has 1 N–H and O–H groups in total. The largest absolute Gasteiger partial charge is 0.298 e. The van der Waals surface area contributed by atoms with Gasteiger partial charge >= 0.3 is 0 Å². The Morgan fingerprint density at radius 1 is 1.50 bits per heavy atom. The fraction of sp³-hybridized carbons (Fsp3) is 0.364. The van der Waals surface area contributed by atoms with Gasteiger partial charge in [0.1, 0.15) is 0 Å². The number of nitriles is 1. The van der Waals surface area contributed by atoms with Crippen molar-refractivity contribution in [2.45, 2.75) is 18.3 Å². The molecule has 0 bridgehead atoms. The highest BCUT2D eigenvalue weighted by atomic mass is 32.2. The van der Waals surface area contributed by atoms with Gasteiger partial charge in [-0.05, 0) is 18.6 Å². The standard InChI is InChI=1S/C11H12N2S/c1-8-7-14-11(13-8)10-5-3-2-4-9(10)6-12/h2-5,8,11,13H,7H2,1H3. The Labute approximate surface area is 88.3 Å². The van der Waals surface area contributed by atoms with Crippen LogP contribution >= 0.6 is 11.8 Å². The SMILES string of the molecule is CC1CSC(c2ccccc2C#N)N1. The van der Waals surface area contributed by atoms with Gasteiger partial charge in [-0.3, -0.25) is 5.32 Å². The van der Waals surface area contributed by atoms with Gasteiger partial charge < -0.3 is 0 Å². The third-order valence-corrected chi connectivity index (χ3v) is 3.73. The molecule has 1 heterocycles. The van der Waals surface area contributed by atoms with Crippen molar-refractivity contribution in [3.05, 3.63) is 35.4 Å². The minimum Gasteiger partial charge on any atom is -0.298 e. The van der Waals surface area contributed by atoms with Gasteiger partial charge in [-0.15, -0.1) is 11.8 Å². The Kier molecular flexibility index (Phi) is 2.76. The van der Waals surface area contributed by atoms with Crippen LogP contribution in [-0.4, -0.2) is 11.8 Å². The van der Waals surface area contributed by atoms with Crippen LogP contribution < -0.4 is 5.32 Å². The van der Waals surface area contributed by atoms with Crippen LogP contribution in [0.25, 0.3) is 0 Å². The number of thioether (sulfide) groups is 1. The molecule has 2 rings (SSSR count). The molecule has 0 spiro atoms. The van der Waals surface area contributed by atoms with Crippen LogP contribution in [-0.2, 0) is 0 Å². The Bertz CT molecular complexity index is 370. The van der Waals surface area contributed by atoms with E-state index in [1.54, 1.807) is 0 Å². The number of nitrogens with one attached hydrogen (secondary N) is 1. The minimum atomic E-state index is 0.292. The molecular formula is C11H12N2S. The second-order valence-corrected chi connectivity index (χ2v) is 4.62. The smallest absolute Gasteiger partial charge is 0.0995 e. The quantitative estimate of drug-likeness (QED) is 0.762. The first kappa shape index (κ1) is 9.57. The molecule has 1 saturated heterocycles. The molecule has 0 radical (unpaired) electrons. The topological polar surface area (TPSA) is 35.8 Å². The molecule has 14 heavy (non-hydrogen) atoms. The zero-order chi connectivity index (χ0) is 9.97. The summed E-state index contributed by atoms with van der Waals surface area (Å²) in [6, 6.07) is 10.6. The van der Waals surface area contributed by atoms with E-state index < -0.39 is 0 Å². The van der Waals surface area contributed by atoms with Crippen LogP contribution in [0.2, 0.25) is 0 Å². The summed E-state index contributed by atoms with van der Waals surface area (Å²) in [4.78, 5) is 0. The van der Waals surface area contributed by atoms with E-state index in [0.29, 0.717) is 11.4 Å². The second kappa shape index (κ2) is 4.04. The van der Waals surface area contributed by atoms with E-state index in [4.69, 9.17) is 5.26 Å². The molecule has 1 aromatic carbocycles. The lowest BCUT2D eigenvalue weighted by molar-refractivity contribution is 0.617. The highest BCUT2D eigenvalue weighted by Crippen LogP contribution is 2.33. The summed E-state index contributed by atoms with van der Waals surface area (Å²) in [7, 11) is 0. The lowest BCUT2D eigenvalue weighted by Gasteiger charge is -2.12. The van der Waals surface area contributed by atoms with Crippen LogP contribution in [0.15, 0.2) is 24.3 Å².